The van der Waals surface area contributed by atoms with E-state index < -0.39 is 11.7 Å². The highest BCUT2D eigenvalue weighted by Gasteiger charge is 2.45. The molecule has 6 nitrogen and oxygen atoms in total. The smallest absolute Gasteiger partial charge is 0.417 e. The van der Waals surface area contributed by atoms with Crippen molar-refractivity contribution >= 4 is 5.91 Å². The first-order valence-corrected chi connectivity index (χ1v) is 11.6. The third kappa shape index (κ3) is 4.59. The van der Waals surface area contributed by atoms with E-state index in [1.165, 1.54) is 6.07 Å². The molecule has 1 amide bonds. The molecule has 1 aliphatic carbocycles. The molecule has 3 aliphatic rings. The van der Waals surface area contributed by atoms with Gasteiger partial charge < -0.3 is 9.64 Å². The van der Waals surface area contributed by atoms with E-state index >= 15 is 0 Å². The molecule has 2 saturated heterocycles. The second-order valence-electron chi connectivity index (χ2n) is 9.26. The quantitative estimate of drug-likeness (QED) is 0.508. The summed E-state index contributed by atoms with van der Waals surface area (Å²) in [7, 11) is 0. The van der Waals surface area contributed by atoms with Crippen LogP contribution in [0.5, 0.6) is 5.88 Å². The summed E-state index contributed by atoms with van der Waals surface area (Å²) in [5, 5.41) is 0. The van der Waals surface area contributed by atoms with Gasteiger partial charge in [-0.15, -0.1) is 0 Å². The van der Waals surface area contributed by atoms with Crippen LogP contribution in [0.1, 0.15) is 46.4 Å². The number of hydrogen-bond donors (Lipinski definition) is 0. The molecule has 3 atom stereocenters. The molecule has 3 unspecified atom stereocenters. The fourth-order valence-electron chi connectivity index (χ4n) is 5.06. The molecule has 9 heteroatoms. The molecule has 3 aromatic heterocycles. The minimum Gasteiger partial charge on any atom is -0.472 e. The number of aryl methyl sites for hydroxylation is 2. The fourth-order valence-corrected chi connectivity index (χ4v) is 5.06. The van der Waals surface area contributed by atoms with E-state index in [1.54, 1.807) is 12.3 Å². The van der Waals surface area contributed by atoms with Crippen molar-refractivity contribution in [2.24, 2.45) is 5.92 Å². The standard InChI is InChI=1S/C26H25F3N4O2/c1-15-4-3-11-30-23(15)24-19(8-5-16(2)32-24)25(34)33-14-17-6-9-20(33)21(12-17)35-22-10-7-18(13-31-22)26(27,28)29/h3-5,7-8,10-11,13,17,20-21H,6,9,12,14H2,1-2H3. The second kappa shape index (κ2) is 8.94. The number of ether oxygens (including phenoxy) is 1. The molecular weight excluding hydrogens is 457 g/mol. The van der Waals surface area contributed by atoms with Gasteiger partial charge in [-0.2, -0.15) is 13.2 Å². The molecule has 6 rings (SSSR count). The Morgan fingerprint density at radius 3 is 2.57 bits per heavy atom. The van der Waals surface area contributed by atoms with Crippen LogP contribution in [0, 0.1) is 19.8 Å². The number of fused-ring (bicyclic) bond motifs is 3. The van der Waals surface area contributed by atoms with Gasteiger partial charge in [-0.3, -0.25) is 14.8 Å². The number of piperidine rings is 2. The maximum atomic E-state index is 13.8. The molecule has 3 fully saturated rings. The Morgan fingerprint density at radius 1 is 1.06 bits per heavy atom. The summed E-state index contributed by atoms with van der Waals surface area (Å²) >= 11 is 0. The highest BCUT2D eigenvalue weighted by Crippen LogP contribution is 2.39. The third-order valence-electron chi connectivity index (χ3n) is 6.82. The monoisotopic (exact) mass is 482 g/mol. The van der Waals surface area contributed by atoms with Gasteiger partial charge in [-0.1, -0.05) is 6.07 Å². The van der Waals surface area contributed by atoms with E-state index in [2.05, 4.69) is 15.0 Å². The van der Waals surface area contributed by atoms with Gasteiger partial charge in [0.1, 0.15) is 11.8 Å². The summed E-state index contributed by atoms with van der Waals surface area (Å²) < 4.78 is 44.6. The minimum atomic E-state index is -4.45. The van der Waals surface area contributed by atoms with E-state index in [9.17, 15) is 18.0 Å². The Hall–Kier alpha value is -3.49. The van der Waals surface area contributed by atoms with Gasteiger partial charge in [-0.05, 0) is 68.9 Å². The Labute approximate surface area is 201 Å². The van der Waals surface area contributed by atoms with Gasteiger partial charge in [-0.25, -0.2) is 4.98 Å². The first-order chi connectivity index (χ1) is 16.7. The first-order valence-electron chi connectivity index (χ1n) is 11.6. The summed E-state index contributed by atoms with van der Waals surface area (Å²) in [6.45, 7) is 4.42. The molecule has 5 heterocycles. The van der Waals surface area contributed by atoms with Gasteiger partial charge in [0.15, 0.2) is 0 Å². The van der Waals surface area contributed by atoms with E-state index in [-0.39, 0.29) is 29.9 Å². The molecule has 35 heavy (non-hydrogen) atoms. The summed E-state index contributed by atoms with van der Waals surface area (Å²) in [6, 6.07) is 9.40. The van der Waals surface area contributed by atoms with Crippen molar-refractivity contribution in [1.82, 2.24) is 19.9 Å². The number of rotatable bonds is 4. The van der Waals surface area contributed by atoms with Gasteiger partial charge in [0.25, 0.3) is 5.91 Å². The molecule has 0 spiro atoms. The fraction of sp³-hybridized carbons (Fsp3) is 0.385. The topological polar surface area (TPSA) is 68.2 Å². The summed E-state index contributed by atoms with van der Waals surface area (Å²) in [5.74, 6) is 0.243. The summed E-state index contributed by atoms with van der Waals surface area (Å²) in [6.07, 6.45) is 0.142. The highest BCUT2D eigenvalue weighted by molar-refractivity contribution is 6.00. The average Bonchev–Trinajstić information content (AvgIpc) is 2.84. The molecular formula is C26H25F3N4O2. The molecule has 3 aromatic rings. The number of hydrogen-bond acceptors (Lipinski definition) is 5. The highest BCUT2D eigenvalue weighted by atomic mass is 19.4. The molecule has 2 aliphatic heterocycles. The van der Waals surface area contributed by atoms with Crippen molar-refractivity contribution in [2.45, 2.75) is 51.4 Å². The van der Waals surface area contributed by atoms with Crippen LogP contribution in [0.15, 0.2) is 48.8 Å². The lowest BCUT2D eigenvalue weighted by Crippen LogP contribution is -2.59. The number of carbonyl (C=O) groups excluding carboxylic acids is 1. The zero-order valence-electron chi connectivity index (χ0n) is 19.4. The number of carbonyl (C=O) groups is 1. The maximum absolute atomic E-state index is 13.8. The molecule has 2 bridgehead atoms. The Bertz CT molecular complexity index is 1250. The lowest BCUT2D eigenvalue weighted by atomic mass is 9.77. The maximum Gasteiger partial charge on any atom is 0.417 e. The number of amides is 1. The van der Waals surface area contributed by atoms with Crippen LogP contribution < -0.4 is 4.74 Å². The number of nitrogens with zero attached hydrogens (tertiary/aromatic N) is 4. The zero-order valence-corrected chi connectivity index (χ0v) is 19.4. The van der Waals surface area contributed by atoms with Crippen LogP contribution in [0.2, 0.25) is 0 Å². The first kappa shape index (κ1) is 23.3. The molecule has 0 aromatic carbocycles. The van der Waals surface area contributed by atoms with Crippen LogP contribution in [-0.2, 0) is 6.18 Å². The van der Waals surface area contributed by atoms with E-state index in [0.29, 0.717) is 23.5 Å². The summed E-state index contributed by atoms with van der Waals surface area (Å²) in [4.78, 5) is 28.6. The lowest BCUT2D eigenvalue weighted by molar-refractivity contribution is -0.137. The predicted molar refractivity (Wildman–Crippen MR) is 123 cm³/mol. The average molecular weight is 483 g/mol. The van der Waals surface area contributed by atoms with Gasteiger partial charge >= 0.3 is 6.18 Å². The molecule has 0 radical (unpaired) electrons. The summed E-state index contributed by atoms with van der Waals surface area (Å²) in [5.41, 5.74) is 2.60. The van der Waals surface area contributed by atoms with Crippen molar-refractivity contribution in [3.05, 3.63) is 71.2 Å². The number of aromatic nitrogens is 3. The van der Waals surface area contributed by atoms with Gasteiger partial charge in [0.05, 0.1) is 22.9 Å². The van der Waals surface area contributed by atoms with Gasteiger partial charge in [0, 0.05) is 30.7 Å². The van der Waals surface area contributed by atoms with Crippen molar-refractivity contribution in [3.63, 3.8) is 0 Å². The van der Waals surface area contributed by atoms with Crippen molar-refractivity contribution in [2.75, 3.05) is 6.54 Å². The molecule has 1 saturated carbocycles. The van der Waals surface area contributed by atoms with Crippen LogP contribution in [0.3, 0.4) is 0 Å². The second-order valence-corrected chi connectivity index (χ2v) is 9.26. The van der Waals surface area contributed by atoms with E-state index in [1.807, 2.05) is 36.9 Å². The number of pyridine rings is 3. The minimum absolute atomic E-state index is 0.129. The SMILES string of the molecule is Cc1ccc(C(=O)N2CC3CCC2C(Oc2ccc(C(F)(F)F)cn2)C3)c(-c2ncccc2C)n1. The van der Waals surface area contributed by atoms with Crippen LogP contribution >= 0.6 is 0 Å². The Morgan fingerprint density at radius 2 is 1.89 bits per heavy atom. The van der Waals surface area contributed by atoms with Crippen LogP contribution in [-0.4, -0.2) is 44.4 Å². The molecule has 0 N–H and O–H groups in total. The zero-order chi connectivity index (χ0) is 24.7. The van der Waals surface area contributed by atoms with Crippen molar-refractivity contribution in [1.29, 1.82) is 0 Å². The largest absolute Gasteiger partial charge is 0.472 e. The van der Waals surface area contributed by atoms with Crippen LogP contribution in [0.25, 0.3) is 11.4 Å². The Balaban J connectivity index is 1.41. The third-order valence-corrected chi connectivity index (χ3v) is 6.82. The van der Waals surface area contributed by atoms with Crippen molar-refractivity contribution in [3.8, 4) is 17.3 Å². The normalized spacial score (nSPS) is 21.7. The van der Waals surface area contributed by atoms with Gasteiger partial charge in [0.2, 0.25) is 5.88 Å². The van der Waals surface area contributed by atoms with Crippen molar-refractivity contribution < 1.29 is 22.7 Å². The predicted octanol–water partition coefficient (Wildman–Crippen LogP) is 5.25. The molecule has 182 valence electrons. The van der Waals surface area contributed by atoms with Crippen LogP contribution in [0.4, 0.5) is 13.2 Å². The Kier molecular flexibility index (Phi) is 5.94. The van der Waals surface area contributed by atoms with E-state index in [4.69, 9.17) is 4.74 Å². The lowest BCUT2D eigenvalue weighted by Gasteiger charge is -2.49. The van der Waals surface area contributed by atoms with E-state index in [0.717, 1.165) is 42.8 Å². The number of alkyl halides is 3. The number of halogens is 3.